The van der Waals surface area contributed by atoms with Crippen molar-refractivity contribution in [1.82, 2.24) is 15.4 Å². The molecule has 0 unspecified atom stereocenters. The number of sulfonamides is 1. The van der Waals surface area contributed by atoms with E-state index in [9.17, 15) is 8.42 Å². The monoisotopic (exact) mass is 414 g/mol. The molecule has 9 heteroatoms. The molecule has 0 saturated carbocycles. The molecule has 0 saturated heterocycles. The smallest absolute Gasteiger partial charge is 0.211 e. The number of nitrogens with one attached hydrogen (secondary N) is 3. The maximum atomic E-state index is 11.4. The van der Waals surface area contributed by atoms with E-state index in [0.717, 1.165) is 30.9 Å². The Balaban J connectivity index is 2.47. The van der Waals surface area contributed by atoms with Gasteiger partial charge in [-0.05, 0) is 51.3 Å². The van der Waals surface area contributed by atoms with Crippen molar-refractivity contribution >= 4 is 16.0 Å². The van der Waals surface area contributed by atoms with Crippen molar-refractivity contribution in [1.29, 1.82) is 0 Å². The molecule has 0 spiro atoms. The van der Waals surface area contributed by atoms with Crippen LogP contribution < -0.4 is 24.8 Å². The average Bonchev–Trinajstić information content (AvgIpc) is 2.69. The second-order valence-corrected chi connectivity index (χ2v) is 8.10. The molecule has 0 atom stereocenters. The van der Waals surface area contributed by atoms with Crippen molar-refractivity contribution in [3.05, 3.63) is 23.8 Å². The van der Waals surface area contributed by atoms with Crippen LogP contribution in [0.25, 0.3) is 0 Å². The zero-order valence-corrected chi connectivity index (χ0v) is 18.2. The van der Waals surface area contributed by atoms with Gasteiger partial charge in [0.25, 0.3) is 0 Å². The minimum absolute atomic E-state index is 0.0809. The van der Waals surface area contributed by atoms with Gasteiger partial charge in [-0.3, -0.25) is 4.99 Å². The molecule has 0 aliphatic heterocycles. The Morgan fingerprint density at radius 2 is 1.89 bits per heavy atom. The van der Waals surface area contributed by atoms with Crippen molar-refractivity contribution in [2.75, 3.05) is 45.6 Å². The topological polar surface area (TPSA) is 101 Å². The largest absolute Gasteiger partial charge is 0.493 e. The maximum Gasteiger partial charge on any atom is 0.211 e. The lowest BCUT2D eigenvalue weighted by molar-refractivity contribution is 0.310. The van der Waals surface area contributed by atoms with Gasteiger partial charge in [0.1, 0.15) is 0 Å². The Morgan fingerprint density at radius 1 is 1.11 bits per heavy atom. The van der Waals surface area contributed by atoms with Gasteiger partial charge in [0.2, 0.25) is 10.0 Å². The number of ether oxygens (including phenoxy) is 2. The minimum Gasteiger partial charge on any atom is -0.493 e. The molecule has 0 bridgehead atoms. The average molecular weight is 415 g/mol. The summed E-state index contributed by atoms with van der Waals surface area (Å²) in [6.45, 7) is 8.34. The molecule has 0 radical (unpaired) electrons. The summed E-state index contributed by atoms with van der Waals surface area (Å²) in [4.78, 5) is 4.54. The highest BCUT2D eigenvalue weighted by molar-refractivity contribution is 7.89. The summed E-state index contributed by atoms with van der Waals surface area (Å²) in [7, 11) is -1.53. The molecule has 160 valence electrons. The number of nitrogens with zero attached hydrogens (tertiary/aromatic N) is 1. The third-order valence-corrected chi connectivity index (χ3v) is 5.29. The van der Waals surface area contributed by atoms with Crippen molar-refractivity contribution in [3.8, 4) is 11.5 Å². The van der Waals surface area contributed by atoms with Gasteiger partial charge in [-0.2, -0.15) is 0 Å². The van der Waals surface area contributed by atoms with E-state index in [1.165, 1.54) is 5.56 Å². The lowest BCUT2D eigenvalue weighted by Crippen LogP contribution is -2.41. The number of rotatable bonds is 13. The fraction of sp³-hybridized carbons (Fsp3) is 0.632. The fourth-order valence-corrected chi connectivity index (χ4v) is 3.07. The highest BCUT2D eigenvalue weighted by Gasteiger charge is 2.06. The van der Waals surface area contributed by atoms with Crippen molar-refractivity contribution in [3.63, 3.8) is 0 Å². The molecule has 0 aliphatic rings. The zero-order chi connectivity index (χ0) is 20.8. The van der Waals surface area contributed by atoms with E-state index in [4.69, 9.17) is 9.47 Å². The molecule has 3 N–H and O–H groups in total. The third kappa shape index (κ3) is 9.27. The highest BCUT2D eigenvalue weighted by Crippen LogP contribution is 2.28. The van der Waals surface area contributed by atoms with Gasteiger partial charge in [-0.15, -0.1) is 0 Å². The van der Waals surface area contributed by atoms with E-state index in [0.29, 0.717) is 32.2 Å². The van der Waals surface area contributed by atoms with E-state index in [2.05, 4.69) is 20.3 Å². The summed E-state index contributed by atoms with van der Waals surface area (Å²) in [5.74, 6) is 2.26. The van der Waals surface area contributed by atoms with E-state index in [1.54, 1.807) is 14.0 Å². The van der Waals surface area contributed by atoms with Crippen molar-refractivity contribution < 1.29 is 17.9 Å². The molecule has 0 aromatic heterocycles. The molecule has 28 heavy (non-hydrogen) atoms. The van der Waals surface area contributed by atoms with Crippen LogP contribution in [0.5, 0.6) is 11.5 Å². The summed E-state index contributed by atoms with van der Waals surface area (Å²) in [6, 6.07) is 5.97. The van der Waals surface area contributed by atoms with Crippen LogP contribution in [0.4, 0.5) is 0 Å². The number of methoxy groups -OCH3 is 1. The minimum atomic E-state index is -3.16. The molecule has 0 heterocycles. The van der Waals surface area contributed by atoms with Crippen LogP contribution in [0.15, 0.2) is 23.2 Å². The van der Waals surface area contributed by atoms with Gasteiger partial charge in [0, 0.05) is 26.2 Å². The van der Waals surface area contributed by atoms with Crippen LogP contribution >= 0.6 is 0 Å². The lowest BCUT2D eigenvalue weighted by Gasteiger charge is -2.12. The normalized spacial score (nSPS) is 11.9. The van der Waals surface area contributed by atoms with Crippen LogP contribution in [0.2, 0.25) is 0 Å². The van der Waals surface area contributed by atoms with E-state index in [-0.39, 0.29) is 5.75 Å². The third-order valence-electron chi connectivity index (χ3n) is 3.89. The van der Waals surface area contributed by atoms with Crippen LogP contribution in [-0.2, 0) is 16.4 Å². The summed E-state index contributed by atoms with van der Waals surface area (Å²) in [6.07, 6.45) is 1.76. The van der Waals surface area contributed by atoms with Crippen LogP contribution in [0.3, 0.4) is 0 Å². The lowest BCUT2D eigenvalue weighted by atomic mass is 10.1. The van der Waals surface area contributed by atoms with Gasteiger partial charge < -0.3 is 20.1 Å². The maximum absolute atomic E-state index is 11.4. The summed E-state index contributed by atoms with van der Waals surface area (Å²) >= 11 is 0. The van der Waals surface area contributed by atoms with Crippen LogP contribution in [-0.4, -0.2) is 60.0 Å². The van der Waals surface area contributed by atoms with E-state index >= 15 is 0 Å². The first-order chi connectivity index (χ1) is 13.5. The number of guanidine groups is 1. The molecule has 8 nitrogen and oxygen atoms in total. The number of hydrogen-bond donors (Lipinski definition) is 3. The second-order valence-electron chi connectivity index (χ2n) is 6.01. The van der Waals surface area contributed by atoms with E-state index in [1.807, 2.05) is 32.0 Å². The van der Waals surface area contributed by atoms with Crippen LogP contribution in [0, 0.1) is 0 Å². The predicted octanol–water partition coefficient (Wildman–Crippen LogP) is 1.52. The Hall–Kier alpha value is -2.00. The van der Waals surface area contributed by atoms with Gasteiger partial charge in [0.15, 0.2) is 17.5 Å². The Kier molecular flexibility index (Phi) is 11.4. The molecule has 1 rings (SSSR count). The Morgan fingerprint density at radius 3 is 2.54 bits per heavy atom. The summed E-state index contributed by atoms with van der Waals surface area (Å²) in [5, 5.41) is 6.29. The van der Waals surface area contributed by atoms with Gasteiger partial charge in [-0.25, -0.2) is 13.1 Å². The summed E-state index contributed by atoms with van der Waals surface area (Å²) < 4.78 is 36.3. The highest BCUT2D eigenvalue weighted by atomic mass is 32.2. The molecular weight excluding hydrogens is 380 g/mol. The first-order valence-corrected chi connectivity index (χ1v) is 11.4. The fourth-order valence-electron chi connectivity index (χ4n) is 2.45. The predicted molar refractivity (Wildman–Crippen MR) is 114 cm³/mol. The molecule has 1 aromatic rings. The first kappa shape index (κ1) is 24.0. The summed E-state index contributed by atoms with van der Waals surface area (Å²) in [5.41, 5.74) is 1.17. The van der Waals surface area contributed by atoms with Gasteiger partial charge in [0.05, 0.1) is 19.5 Å². The standard InChI is InChI=1S/C19H34N4O4S/c1-5-20-19(22-13-14-23-28(24,25)7-3)21-12-8-9-16-10-11-17(26-4)18(15-16)27-6-2/h10-11,15,23H,5-9,12-14H2,1-4H3,(H2,20,21,22). The molecular formula is C19H34N4O4S. The van der Waals surface area contributed by atoms with Crippen molar-refractivity contribution in [2.45, 2.75) is 33.6 Å². The number of aryl methyl sites for hydroxylation is 1. The number of benzene rings is 1. The van der Waals surface area contributed by atoms with E-state index < -0.39 is 10.0 Å². The van der Waals surface area contributed by atoms with Gasteiger partial charge in [-0.1, -0.05) is 6.07 Å². The molecule has 0 amide bonds. The zero-order valence-electron chi connectivity index (χ0n) is 17.4. The number of hydrogen-bond acceptors (Lipinski definition) is 5. The second kappa shape index (κ2) is 13.2. The Labute approximate surface area is 169 Å². The quantitative estimate of drug-likeness (QED) is 0.257. The Bertz CT molecular complexity index is 708. The molecule has 1 aromatic carbocycles. The number of aliphatic imine (C=N–C) groups is 1. The van der Waals surface area contributed by atoms with Gasteiger partial charge >= 0.3 is 0 Å². The molecule has 0 aliphatic carbocycles. The van der Waals surface area contributed by atoms with Crippen LogP contribution in [0.1, 0.15) is 32.8 Å². The van der Waals surface area contributed by atoms with Crippen molar-refractivity contribution in [2.24, 2.45) is 4.99 Å². The molecule has 0 fully saturated rings. The first-order valence-electron chi connectivity index (χ1n) is 9.74. The SMILES string of the molecule is CCNC(=NCCCc1ccc(OC)c(OCC)c1)NCCNS(=O)(=O)CC.